The van der Waals surface area contributed by atoms with E-state index < -0.39 is 6.43 Å². The quantitative estimate of drug-likeness (QED) is 0.605. The van der Waals surface area contributed by atoms with E-state index in [1.807, 2.05) is 0 Å². The molecule has 0 saturated heterocycles. The Kier molecular flexibility index (Phi) is 7.63. The summed E-state index contributed by atoms with van der Waals surface area (Å²) >= 11 is 0. The minimum Gasteiger partial charge on any atom is -0.399 e. The van der Waals surface area contributed by atoms with E-state index in [0.29, 0.717) is 24.3 Å². The number of aliphatic hydroxyl groups is 1. The van der Waals surface area contributed by atoms with E-state index in [4.69, 9.17) is 10.8 Å². The number of amides is 1. The highest BCUT2D eigenvalue weighted by Crippen LogP contribution is 2.11. The van der Waals surface area contributed by atoms with E-state index in [9.17, 15) is 13.6 Å². The second-order valence-corrected chi connectivity index (χ2v) is 4.69. The van der Waals surface area contributed by atoms with Crippen molar-refractivity contribution in [2.24, 2.45) is 0 Å². The van der Waals surface area contributed by atoms with Crippen LogP contribution in [0.3, 0.4) is 0 Å². The summed E-state index contributed by atoms with van der Waals surface area (Å²) < 4.78 is 24.6. The van der Waals surface area contributed by atoms with Crippen molar-refractivity contribution < 1.29 is 18.7 Å². The average Bonchev–Trinajstić information content (AvgIpc) is 2.41. The molecule has 118 valence electrons. The number of carbonyl (C=O) groups excluding carboxylic acids is 1. The second-order valence-electron chi connectivity index (χ2n) is 4.69. The predicted molar refractivity (Wildman–Crippen MR) is 78.2 cm³/mol. The van der Waals surface area contributed by atoms with E-state index in [-0.39, 0.29) is 32.0 Å². The van der Waals surface area contributed by atoms with Crippen molar-refractivity contribution in [2.45, 2.75) is 19.3 Å². The molecule has 4 N–H and O–H groups in total. The maximum absolute atomic E-state index is 12.3. The van der Waals surface area contributed by atoms with Gasteiger partial charge in [0.15, 0.2) is 0 Å². The van der Waals surface area contributed by atoms with Gasteiger partial charge < -0.3 is 16.2 Å². The fourth-order valence-electron chi connectivity index (χ4n) is 1.88. The Morgan fingerprint density at radius 1 is 1.29 bits per heavy atom. The Morgan fingerprint density at radius 3 is 2.52 bits per heavy atom. The van der Waals surface area contributed by atoms with Crippen LogP contribution >= 0.6 is 0 Å². The molecule has 0 radical (unpaired) electrons. The molecule has 0 atom stereocenters. The van der Waals surface area contributed by atoms with Gasteiger partial charge in [0.05, 0.1) is 13.2 Å². The third kappa shape index (κ3) is 7.57. The van der Waals surface area contributed by atoms with Gasteiger partial charge in [0.2, 0.25) is 5.91 Å². The molecule has 0 aromatic heterocycles. The van der Waals surface area contributed by atoms with Crippen LogP contribution in [0, 0.1) is 0 Å². The van der Waals surface area contributed by atoms with Crippen molar-refractivity contribution in [3.05, 3.63) is 24.3 Å². The number of hydrogen-bond acceptors (Lipinski definition) is 4. The molecule has 0 aliphatic heterocycles. The van der Waals surface area contributed by atoms with E-state index in [1.165, 1.54) is 4.90 Å². The van der Waals surface area contributed by atoms with Crippen LogP contribution in [-0.4, -0.2) is 48.6 Å². The molecule has 0 aliphatic rings. The lowest BCUT2D eigenvalue weighted by atomic mass is 10.2. The molecule has 0 heterocycles. The highest BCUT2D eigenvalue weighted by atomic mass is 19.3. The Bertz CT molecular complexity index is 427. The van der Waals surface area contributed by atoms with Gasteiger partial charge in [-0.3, -0.25) is 9.69 Å². The number of aliphatic hydroxyl groups excluding tert-OH is 1. The maximum Gasteiger partial charge on any atom is 0.251 e. The molecule has 7 heteroatoms. The number of nitrogens with zero attached hydrogens (tertiary/aromatic N) is 1. The zero-order chi connectivity index (χ0) is 15.7. The molecular formula is C14H21F2N3O2. The summed E-state index contributed by atoms with van der Waals surface area (Å²) in [5, 5.41) is 11.5. The molecule has 0 unspecified atom stereocenters. The van der Waals surface area contributed by atoms with Crippen molar-refractivity contribution in [1.29, 1.82) is 0 Å². The van der Waals surface area contributed by atoms with Crippen LogP contribution in [0.1, 0.15) is 12.8 Å². The first-order valence-corrected chi connectivity index (χ1v) is 6.78. The smallest absolute Gasteiger partial charge is 0.251 e. The molecule has 1 aromatic carbocycles. The lowest BCUT2D eigenvalue weighted by Gasteiger charge is -2.20. The topological polar surface area (TPSA) is 78.6 Å². The average molecular weight is 301 g/mol. The Labute approximate surface area is 122 Å². The Balaban J connectivity index is 2.29. The lowest BCUT2D eigenvalue weighted by molar-refractivity contribution is -0.116. The number of nitrogens with one attached hydrogen (secondary N) is 1. The third-order valence-electron chi connectivity index (χ3n) is 2.89. The zero-order valence-electron chi connectivity index (χ0n) is 11.8. The maximum atomic E-state index is 12.3. The van der Waals surface area contributed by atoms with E-state index >= 15 is 0 Å². The van der Waals surface area contributed by atoms with Gasteiger partial charge in [-0.05, 0) is 37.2 Å². The molecular weight excluding hydrogens is 280 g/mol. The molecule has 1 rings (SSSR count). The normalized spacial score (nSPS) is 11.1. The summed E-state index contributed by atoms with van der Waals surface area (Å²) in [6.45, 7) is -0.0333. The van der Waals surface area contributed by atoms with Gasteiger partial charge in [-0.25, -0.2) is 8.78 Å². The molecule has 1 amide bonds. The molecule has 21 heavy (non-hydrogen) atoms. The molecule has 0 aliphatic carbocycles. The largest absolute Gasteiger partial charge is 0.399 e. The number of alkyl halides is 2. The summed E-state index contributed by atoms with van der Waals surface area (Å²) in [6, 6.07) is 6.76. The van der Waals surface area contributed by atoms with Crippen LogP contribution in [0.5, 0.6) is 0 Å². The van der Waals surface area contributed by atoms with Gasteiger partial charge in [0, 0.05) is 24.3 Å². The summed E-state index contributed by atoms with van der Waals surface area (Å²) in [5.41, 5.74) is 6.80. The van der Waals surface area contributed by atoms with Gasteiger partial charge in [0.1, 0.15) is 0 Å². The molecule has 0 saturated carbocycles. The number of hydrogen-bond donors (Lipinski definition) is 3. The van der Waals surface area contributed by atoms with Crippen molar-refractivity contribution in [3.63, 3.8) is 0 Å². The SMILES string of the molecule is Nc1ccc(NC(=O)CCCN(CCO)CC(F)F)cc1. The predicted octanol–water partition coefficient (Wildman–Crippen LogP) is 1.55. The highest BCUT2D eigenvalue weighted by molar-refractivity contribution is 5.90. The molecule has 0 spiro atoms. The number of carbonyl (C=O) groups is 1. The van der Waals surface area contributed by atoms with Gasteiger partial charge in [-0.1, -0.05) is 0 Å². The summed E-state index contributed by atoms with van der Waals surface area (Å²) in [6.07, 6.45) is -1.76. The summed E-state index contributed by atoms with van der Waals surface area (Å²) in [5.74, 6) is -0.180. The number of benzene rings is 1. The molecule has 5 nitrogen and oxygen atoms in total. The number of nitrogen functional groups attached to an aromatic ring is 1. The lowest BCUT2D eigenvalue weighted by Crippen LogP contribution is -2.33. The first-order valence-electron chi connectivity index (χ1n) is 6.78. The van der Waals surface area contributed by atoms with Gasteiger partial charge in [-0.2, -0.15) is 0 Å². The van der Waals surface area contributed by atoms with E-state index in [1.54, 1.807) is 24.3 Å². The van der Waals surface area contributed by atoms with Gasteiger partial charge in [-0.15, -0.1) is 0 Å². The fourth-order valence-corrected chi connectivity index (χ4v) is 1.88. The van der Waals surface area contributed by atoms with Crippen molar-refractivity contribution in [2.75, 3.05) is 37.3 Å². The monoisotopic (exact) mass is 301 g/mol. The second kappa shape index (κ2) is 9.25. The molecule has 1 aromatic rings. The van der Waals surface area contributed by atoms with E-state index in [0.717, 1.165) is 0 Å². The van der Waals surface area contributed by atoms with Gasteiger partial charge >= 0.3 is 0 Å². The first kappa shape index (κ1) is 17.3. The van der Waals surface area contributed by atoms with Crippen LogP contribution in [-0.2, 0) is 4.79 Å². The number of halogens is 2. The van der Waals surface area contributed by atoms with Crippen molar-refractivity contribution >= 4 is 17.3 Å². The molecule has 0 fully saturated rings. The fraction of sp³-hybridized carbons (Fsp3) is 0.500. The molecule has 0 bridgehead atoms. The number of nitrogens with two attached hydrogens (primary N) is 1. The summed E-state index contributed by atoms with van der Waals surface area (Å²) in [4.78, 5) is 13.1. The zero-order valence-corrected chi connectivity index (χ0v) is 11.8. The van der Waals surface area contributed by atoms with Crippen LogP contribution in [0.2, 0.25) is 0 Å². The van der Waals surface area contributed by atoms with Crippen molar-refractivity contribution in [1.82, 2.24) is 4.90 Å². The number of rotatable bonds is 9. The Hall–Kier alpha value is -1.73. The first-order chi connectivity index (χ1) is 10.0. The van der Waals surface area contributed by atoms with Crippen molar-refractivity contribution in [3.8, 4) is 0 Å². The summed E-state index contributed by atoms with van der Waals surface area (Å²) in [7, 11) is 0. The van der Waals surface area contributed by atoms with Gasteiger partial charge in [0.25, 0.3) is 6.43 Å². The van der Waals surface area contributed by atoms with Crippen LogP contribution in [0.25, 0.3) is 0 Å². The van der Waals surface area contributed by atoms with Crippen LogP contribution in [0.15, 0.2) is 24.3 Å². The minimum absolute atomic E-state index is 0.176. The third-order valence-corrected chi connectivity index (χ3v) is 2.89. The van der Waals surface area contributed by atoms with E-state index in [2.05, 4.69) is 5.32 Å². The highest BCUT2D eigenvalue weighted by Gasteiger charge is 2.12. The van der Waals surface area contributed by atoms with Crippen LogP contribution < -0.4 is 11.1 Å². The standard InChI is InChI=1S/C14H21F2N3O2/c15-13(16)10-19(8-9-20)7-1-2-14(21)18-12-5-3-11(17)4-6-12/h3-6,13,20H,1-2,7-10,17H2,(H,18,21). The minimum atomic E-state index is -2.44. The Morgan fingerprint density at radius 2 is 1.95 bits per heavy atom. The number of anilines is 2. The van der Waals surface area contributed by atoms with Crippen LogP contribution in [0.4, 0.5) is 20.2 Å².